The Hall–Kier alpha value is -0.300. The van der Waals surface area contributed by atoms with Gasteiger partial charge in [0.1, 0.15) is 13.2 Å². The molecule has 1 amide bonds. The Kier molecular flexibility index (Phi) is 6.42. The Labute approximate surface area is 113 Å². The van der Waals surface area contributed by atoms with Gasteiger partial charge >= 0.3 is 6.18 Å². The highest BCUT2D eigenvalue weighted by molar-refractivity contribution is 9.09. The van der Waals surface area contributed by atoms with Crippen LogP contribution >= 0.6 is 15.9 Å². The molecule has 0 aromatic heterocycles. The Balaban J connectivity index is 2.31. The van der Waals surface area contributed by atoms with Gasteiger partial charge in [0.05, 0.1) is 0 Å². The normalized spacial score (nSPS) is 20.4. The van der Waals surface area contributed by atoms with E-state index in [0.29, 0.717) is 6.54 Å². The summed E-state index contributed by atoms with van der Waals surface area (Å²) < 4.78 is 40.0. The lowest BCUT2D eigenvalue weighted by atomic mass is 10.1. The van der Waals surface area contributed by atoms with Gasteiger partial charge in [-0.15, -0.1) is 0 Å². The molecule has 1 heterocycles. The first-order valence-electron chi connectivity index (χ1n) is 5.94. The largest absolute Gasteiger partial charge is 0.411 e. The first-order valence-corrected chi connectivity index (χ1v) is 7.06. The zero-order valence-electron chi connectivity index (χ0n) is 10.0. The lowest BCUT2D eigenvalue weighted by Crippen LogP contribution is -2.38. The van der Waals surface area contributed by atoms with Crippen LogP contribution < -0.4 is 0 Å². The van der Waals surface area contributed by atoms with Crippen LogP contribution in [0.4, 0.5) is 13.2 Å². The van der Waals surface area contributed by atoms with Crippen molar-refractivity contribution in [2.45, 2.75) is 37.9 Å². The Morgan fingerprint density at radius 3 is 2.78 bits per heavy atom. The minimum Gasteiger partial charge on any atom is -0.362 e. The van der Waals surface area contributed by atoms with Crippen molar-refractivity contribution in [3.05, 3.63) is 0 Å². The predicted octanol–water partition coefficient (Wildman–Crippen LogP) is 2.73. The summed E-state index contributed by atoms with van der Waals surface area (Å²) in [5.41, 5.74) is 0. The molecule has 1 aliphatic rings. The minimum absolute atomic E-state index is 0.157. The smallest absolute Gasteiger partial charge is 0.362 e. The summed E-state index contributed by atoms with van der Waals surface area (Å²) in [5.74, 6) is -0.337. The van der Waals surface area contributed by atoms with E-state index in [1.807, 2.05) is 0 Å². The van der Waals surface area contributed by atoms with Crippen LogP contribution in [-0.4, -0.2) is 48.1 Å². The van der Waals surface area contributed by atoms with E-state index in [2.05, 4.69) is 20.7 Å². The van der Waals surface area contributed by atoms with Crippen LogP contribution in [0.25, 0.3) is 0 Å². The zero-order valence-corrected chi connectivity index (χ0v) is 11.6. The fraction of sp³-hybridized carbons (Fsp3) is 0.909. The maximum Gasteiger partial charge on any atom is 0.411 e. The topological polar surface area (TPSA) is 29.5 Å². The molecule has 1 atom stereocenters. The van der Waals surface area contributed by atoms with E-state index in [1.165, 1.54) is 0 Å². The molecule has 0 aromatic carbocycles. The van der Waals surface area contributed by atoms with Crippen molar-refractivity contribution in [3.8, 4) is 0 Å². The molecule has 0 bridgehead atoms. The van der Waals surface area contributed by atoms with Gasteiger partial charge in [0, 0.05) is 17.9 Å². The van der Waals surface area contributed by atoms with Gasteiger partial charge in [-0.1, -0.05) is 15.9 Å². The molecular weight excluding hydrogens is 315 g/mol. The SMILES string of the molecule is O=C(COCC(F)(F)F)N1CCCC1CCCBr. The number of ether oxygens (including phenoxy) is 1. The van der Waals surface area contributed by atoms with Crippen LogP contribution in [0.15, 0.2) is 0 Å². The van der Waals surface area contributed by atoms with Crippen LogP contribution in [0, 0.1) is 0 Å². The van der Waals surface area contributed by atoms with Crippen molar-refractivity contribution >= 4 is 21.8 Å². The number of nitrogens with zero attached hydrogens (tertiary/aromatic N) is 1. The number of halogens is 4. The van der Waals surface area contributed by atoms with Crippen LogP contribution in [-0.2, 0) is 9.53 Å². The molecule has 0 saturated carbocycles. The van der Waals surface area contributed by atoms with E-state index in [0.717, 1.165) is 31.0 Å². The third-order valence-electron chi connectivity index (χ3n) is 2.86. The van der Waals surface area contributed by atoms with E-state index in [9.17, 15) is 18.0 Å². The Morgan fingerprint density at radius 2 is 2.17 bits per heavy atom. The number of hydrogen-bond acceptors (Lipinski definition) is 2. The summed E-state index contributed by atoms with van der Waals surface area (Å²) in [6.45, 7) is -1.22. The van der Waals surface area contributed by atoms with E-state index in [-0.39, 0.29) is 11.9 Å². The van der Waals surface area contributed by atoms with Gasteiger partial charge in [0.2, 0.25) is 5.91 Å². The highest BCUT2D eigenvalue weighted by atomic mass is 79.9. The lowest BCUT2D eigenvalue weighted by Gasteiger charge is -2.24. The van der Waals surface area contributed by atoms with Gasteiger partial charge < -0.3 is 9.64 Å². The van der Waals surface area contributed by atoms with Crippen LogP contribution in [0.1, 0.15) is 25.7 Å². The standard InChI is InChI=1S/C11H17BrF3NO2/c12-5-1-3-9-4-2-6-16(9)10(17)7-18-8-11(13,14)15/h9H,1-8H2. The summed E-state index contributed by atoms with van der Waals surface area (Å²) in [5, 5.41) is 0.871. The molecule has 0 spiro atoms. The van der Waals surface area contributed by atoms with E-state index in [4.69, 9.17) is 0 Å². The zero-order chi connectivity index (χ0) is 13.6. The fourth-order valence-electron chi connectivity index (χ4n) is 2.11. The predicted molar refractivity (Wildman–Crippen MR) is 64.6 cm³/mol. The molecule has 0 aromatic rings. The third kappa shape index (κ3) is 5.56. The van der Waals surface area contributed by atoms with Gasteiger partial charge in [0.25, 0.3) is 0 Å². The van der Waals surface area contributed by atoms with Gasteiger partial charge in [-0.3, -0.25) is 4.79 Å². The number of amides is 1. The Morgan fingerprint density at radius 1 is 1.44 bits per heavy atom. The van der Waals surface area contributed by atoms with E-state index in [1.54, 1.807) is 4.90 Å². The van der Waals surface area contributed by atoms with Crippen molar-refractivity contribution in [1.82, 2.24) is 4.90 Å². The van der Waals surface area contributed by atoms with Crippen molar-refractivity contribution in [3.63, 3.8) is 0 Å². The summed E-state index contributed by atoms with van der Waals surface area (Å²) in [6.07, 6.45) is -0.690. The minimum atomic E-state index is -4.37. The molecule has 3 nitrogen and oxygen atoms in total. The van der Waals surface area contributed by atoms with Gasteiger partial charge in [0.15, 0.2) is 0 Å². The maximum atomic E-state index is 11.9. The fourth-order valence-corrected chi connectivity index (χ4v) is 2.44. The van der Waals surface area contributed by atoms with E-state index >= 15 is 0 Å². The van der Waals surface area contributed by atoms with E-state index < -0.39 is 19.4 Å². The quantitative estimate of drug-likeness (QED) is 0.700. The van der Waals surface area contributed by atoms with Crippen LogP contribution in [0.3, 0.4) is 0 Å². The summed E-state index contributed by atoms with van der Waals surface area (Å²) in [6, 6.07) is 0.157. The number of hydrogen-bond donors (Lipinski definition) is 0. The highest BCUT2D eigenvalue weighted by Gasteiger charge is 2.31. The molecule has 1 saturated heterocycles. The number of rotatable bonds is 6. The van der Waals surface area contributed by atoms with Crippen LogP contribution in [0.2, 0.25) is 0 Å². The van der Waals surface area contributed by atoms with Crippen molar-refractivity contribution in [2.24, 2.45) is 0 Å². The molecule has 1 aliphatic heterocycles. The first-order chi connectivity index (χ1) is 8.44. The first kappa shape index (κ1) is 15.8. The number of carbonyl (C=O) groups excluding carboxylic acids is 1. The second-order valence-corrected chi connectivity index (χ2v) is 5.12. The van der Waals surface area contributed by atoms with Gasteiger partial charge in [-0.05, 0) is 25.7 Å². The molecule has 18 heavy (non-hydrogen) atoms. The molecule has 7 heteroatoms. The molecule has 0 aliphatic carbocycles. The maximum absolute atomic E-state index is 11.9. The molecule has 1 unspecified atom stereocenters. The van der Waals surface area contributed by atoms with Crippen LogP contribution in [0.5, 0.6) is 0 Å². The average molecular weight is 332 g/mol. The van der Waals surface area contributed by atoms with Crippen molar-refractivity contribution in [1.29, 1.82) is 0 Å². The molecular formula is C11H17BrF3NO2. The lowest BCUT2D eigenvalue weighted by molar-refractivity contribution is -0.178. The molecule has 0 N–H and O–H groups in total. The molecule has 0 radical (unpaired) electrons. The summed E-state index contributed by atoms with van der Waals surface area (Å²) >= 11 is 3.32. The summed E-state index contributed by atoms with van der Waals surface area (Å²) in [7, 11) is 0. The highest BCUT2D eigenvalue weighted by Crippen LogP contribution is 2.22. The molecule has 1 fully saturated rings. The van der Waals surface area contributed by atoms with Gasteiger partial charge in [-0.2, -0.15) is 13.2 Å². The molecule has 1 rings (SSSR count). The number of alkyl halides is 4. The third-order valence-corrected chi connectivity index (χ3v) is 3.42. The average Bonchev–Trinajstić information content (AvgIpc) is 2.72. The molecule has 106 valence electrons. The van der Waals surface area contributed by atoms with Crippen molar-refractivity contribution < 1.29 is 22.7 Å². The number of carbonyl (C=O) groups is 1. The number of likely N-dealkylation sites (tertiary alicyclic amines) is 1. The second kappa shape index (κ2) is 7.33. The van der Waals surface area contributed by atoms with Gasteiger partial charge in [-0.25, -0.2) is 0 Å². The second-order valence-electron chi connectivity index (χ2n) is 4.32. The Bertz CT molecular complexity index is 274. The summed E-state index contributed by atoms with van der Waals surface area (Å²) in [4.78, 5) is 13.4. The monoisotopic (exact) mass is 331 g/mol. The van der Waals surface area contributed by atoms with Crippen molar-refractivity contribution in [2.75, 3.05) is 25.1 Å².